The summed E-state index contributed by atoms with van der Waals surface area (Å²) >= 11 is 7.31. The van der Waals surface area contributed by atoms with Crippen LogP contribution in [0.15, 0.2) is 22.7 Å². The number of anilines is 1. The van der Waals surface area contributed by atoms with E-state index in [0.717, 1.165) is 5.00 Å². The molecule has 2 rings (SSSR count). The zero-order valence-corrected chi connectivity index (χ0v) is 7.76. The van der Waals surface area contributed by atoms with Gasteiger partial charge in [0.25, 0.3) is 0 Å². The molecule has 0 N–H and O–H groups in total. The van der Waals surface area contributed by atoms with Crippen molar-refractivity contribution in [2.45, 2.75) is 6.23 Å². The van der Waals surface area contributed by atoms with E-state index >= 15 is 0 Å². The average Bonchev–Trinajstić information content (AvgIpc) is 2.74. The van der Waals surface area contributed by atoms with Crippen molar-refractivity contribution in [1.29, 1.82) is 0 Å². The van der Waals surface area contributed by atoms with Crippen molar-refractivity contribution in [3.8, 4) is 0 Å². The molecule has 0 spiro atoms. The minimum absolute atomic E-state index is 0.148. The maximum Gasteiger partial charge on any atom is 0.219 e. The number of thiophene rings is 1. The number of nitrogens with zero attached hydrogens (tertiary/aromatic N) is 2. The molecule has 0 aliphatic carbocycles. The molecule has 0 saturated carbocycles. The van der Waals surface area contributed by atoms with E-state index in [0.29, 0.717) is 5.88 Å². The Balaban J connectivity index is 2.18. The normalized spacial score (nSPS) is 21.4. The highest BCUT2D eigenvalue weighted by Gasteiger charge is 2.23. The first-order chi connectivity index (χ1) is 5.92. The molecule has 0 saturated heterocycles. The Morgan fingerprint density at radius 2 is 2.67 bits per heavy atom. The van der Waals surface area contributed by atoms with Crippen molar-refractivity contribution in [3.05, 3.63) is 17.5 Å². The molecule has 5 heteroatoms. The van der Waals surface area contributed by atoms with Gasteiger partial charge in [-0.1, -0.05) is 5.16 Å². The quantitative estimate of drug-likeness (QED) is 0.687. The van der Waals surface area contributed by atoms with E-state index in [9.17, 15) is 0 Å². The van der Waals surface area contributed by atoms with Gasteiger partial charge in [0, 0.05) is 0 Å². The zero-order valence-electron chi connectivity index (χ0n) is 6.18. The summed E-state index contributed by atoms with van der Waals surface area (Å²) in [5.74, 6) is 0.415. The summed E-state index contributed by atoms with van der Waals surface area (Å²) < 4.78 is 0. The Morgan fingerprint density at radius 1 is 1.75 bits per heavy atom. The van der Waals surface area contributed by atoms with E-state index < -0.39 is 0 Å². The lowest BCUT2D eigenvalue weighted by molar-refractivity contribution is 0.103. The fourth-order valence-electron chi connectivity index (χ4n) is 0.992. The molecule has 0 aromatic carbocycles. The van der Waals surface area contributed by atoms with Crippen LogP contribution in [0.5, 0.6) is 0 Å². The number of hydrogen-bond acceptors (Lipinski definition) is 4. The van der Waals surface area contributed by atoms with Gasteiger partial charge in [-0.05, 0) is 17.5 Å². The summed E-state index contributed by atoms with van der Waals surface area (Å²) in [5.41, 5.74) is 0. The second-order valence-corrected chi connectivity index (χ2v) is 3.53. The summed E-state index contributed by atoms with van der Waals surface area (Å²) in [6.07, 6.45) is 1.50. The highest BCUT2D eigenvalue weighted by Crippen LogP contribution is 2.25. The molecule has 3 nitrogen and oxygen atoms in total. The van der Waals surface area contributed by atoms with E-state index in [4.69, 9.17) is 16.4 Å². The van der Waals surface area contributed by atoms with Crippen molar-refractivity contribution in [2.75, 3.05) is 10.8 Å². The van der Waals surface area contributed by atoms with Crippen molar-refractivity contribution >= 4 is 34.3 Å². The highest BCUT2D eigenvalue weighted by molar-refractivity contribution is 7.14. The van der Waals surface area contributed by atoms with Crippen LogP contribution in [0.25, 0.3) is 0 Å². The SMILES string of the molecule is ClCC1ON=CN1c1cccs1. The minimum atomic E-state index is -0.148. The molecule has 2 heterocycles. The largest absolute Gasteiger partial charge is 0.367 e. The lowest BCUT2D eigenvalue weighted by atomic mass is 10.5. The molecule has 0 fully saturated rings. The van der Waals surface area contributed by atoms with Gasteiger partial charge in [-0.15, -0.1) is 22.9 Å². The molecule has 1 aromatic heterocycles. The number of hydrogen-bond donors (Lipinski definition) is 0. The molecule has 12 heavy (non-hydrogen) atoms. The van der Waals surface area contributed by atoms with Gasteiger partial charge in [-0.2, -0.15) is 0 Å². The first kappa shape index (κ1) is 7.89. The molecule has 1 aliphatic rings. The van der Waals surface area contributed by atoms with Crippen LogP contribution in [0, 0.1) is 0 Å². The zero-order chi connectivity index (χ0) is 8.39. The molecule has 1 aromatic rings. The van der Waals surface area contributed by atoms with Gasteiger partial charge < -0.3 is 4.84 Å². The third-order valence-corrected chi connectivity index (χ3v) is 2.70. The number of halogens is 1. The molecule has 1 atom stereocenters. The first-order valence-electron chi connectivity index (χ1n) is 3.49. The van der Waals surface area contributed by atoms with Gasteiger partial charge in [-0.3, -0.25) is 4.90 Å². The molecule has 0 bridgehead atoms. The fourth-order valence-corrected chi connectivity index (χ4v) is 1.94. The Hall–Kier alpha value is -0.740. The van der Waals surface area contributed by atoms with Crippen LogP contribution in [-0.4, -0.2) is 18.4 Å². The number of oxime groups is 1. The number of rotatable bonds is 2. The molecule has 0 amide bonds. The van der Waals surface area contributed by atoms with Crippen LogP contribution in [-0.2, 0) is 4.84 Å². The summed E-state index contributed by atoms with van der Waals surface area (Å²) in [6.45, 7) is 0. The average molecular weight is 203 g/mol. The van der Waals surface area contributed by atoms with Gasteiger partial charge in [0.05, 0.1) is 10.9 Å². The van der Waals surface area contributed by atoms with Crippen molar-refractivity contribution in [3.63, 3.8) is 0 Å². The van der Waals surface area contributed by atoms with E-state index in [1.165, 1.54) is 0 Å². The summed E-state index contributed by atoms with van der Waals surface area (Å²) in [4.78, 5) is 6.92. The van der Waals surface area contributed by atoms with Gasteiger partial charge in [-0.25, -0.2) is 0 Å². The second kappa shape index (κ2) is 3.33. The predicted octanol–water partition coefficient (Wildman–Crippen LogP) is 2.09. The number of alkyl halides is 1. The van der Waals surface area contributed by atoms with Crippen LogP contribution >= 0.6 is 22.9 Å². The van der Waals surface area contributed by atoms with Gasteiger partial charge in [0.2, 0.25) is 6.23 Å². The van der Waals surface area contributed by atoms with Crippen LogP contribution in [0.2, 0.25) is 0 Å². The Morgan fingerprint density at radius 3 is 3.33 bits per heavy atom. The smallest absolute Gasteiger partial charge is 0.219 e. The van der Waals surface area contributed by atoms with Crippen LogP contribution in [0.1, 0.15) is 0 Å². The van der Waals surface area contributed by atoms with E-state index in [1.54, 1.807) is 17.7 Å². The third kappa shape index (κ3) is 1.28. The summed E-state index contributed by atoms with van der Waals surface area (Å²) in [6, 6.07) is 3.99. The van der Waals surface area contributed by atoms with E-state index in [-0.39, 0.29) is 6.23 Å². The molecule has 1 aliphatic heterocycles. The maximum absolute atomic E-state index is 5.68. The van der Waals surface area contributed by atoms with E-state index in [1.807, 2.05) is 22.4 Å². The Bertz CT molecular complexity index is 275. The molecule has 1 unspecified atom stereocenters. The predicted molar refractivity (Wildman–Crippen MR) is 50.9 cm³/mol. The fraction of sp³-hybridized carbons (Fsp3) is 0.286. The van der Waals surface area contributed by atoms with Crippen LogP contribution in [0.3, 0.4) is 0 Å². The van der Waals surface area contributed by atoms with Crippen molar-refractivity contribution in [2.24, 2.45) is 5.16 Å². The van der Waals surface area contributed by atoms with Gasteiger partial charge in [0.15, 0.2) is 0 Å². The van der Waals surface area contributed by atoms with Crippen LogP contribution in [0.4, 0.5) is 5.00 Å². The Kier molecular flexibility index (Phi) is 2.19. The Labute approximate surface area is 79.2 Å². The topological polar surface area (TPSA) is 24.8 Å². The lowest BCUT2D eigenvalue weighted by Gasteiger charge is -2.17. The van der Waals surface area contributed by atoms with Crippen LogP contribution < -0.4 is 4.90 Å². The highest BCUT2D eigenvalue weighted by atomic mass is 35.5. The van der Waals surface area contributed by atoms with Gasteiger partial charge >= 0.3 is 0 Å². The van der Waals surface area contributed by atoms with Gasteiger partial charge in [0.1, 0.15) is 6.34 Å². The minimum Gasteiger partial charge on any atom is -0.367 e. The molecular weight excluding hydrogens is 196 g/mol. The van der Waals surface area contributed by atoms with E-state index in [2.05, 4.69) is 5.16 Å². The standard InChI is InChI=1S/C7H7ClN2OS/c8-4-6-10(5-9-11-6)7-2-1-3-12-7/h1-3,5-6H,4H2. The summed E-state index contributed by atoms with van der Waals surface area (Å²) in [5, 5.41) is 6.80. The lowest BCUT2D eigenvalue weighted by Crippen LogP contribution is -2.31. The second-order valence-electron chi connectivity index (χ2n) is 2.29. The summed E-state index contributed by atoms with van der Waals surface area (Å²) in [7, 11) is 0. The van der Waals surface area contributed by atoms with Crippen molar-refractivity contribution < 1.29 is 4.84 Å². The monoisotopic (exact) mass is 202 g/mol. The maximum atomic E-state index is 5.68. The molecule has 64 valence electrons. The first-order valence-corrected chi connectivity index (χ1v) is 4.90. The molecular formula is C7H7ClN2OS. The third-order valence-electron chi connectivity index (χ3n) is 1.56. The molecule has 0 radical (unpaired) electrons. The van der Waals surface area contributed by atoms with Crippen molar-refractivity contribution in [1.82, 2.24) is 0 Å².